The van der Waals surface area contributed by atoms with Crippen LogP contribution in [-0.4, -0.2) is 46.1 Å². The Morgan fingerprint density at radius 1 is 1.05 bits per heavy atom. The minimum Gasteiger partial charge on any atom is -0.481 e. The van der Waals surface area contributed by atoms with Crippen LogP contribution in [0, 0.1) is 28.9 Å². The van der Waals surface area contributed by atoms with Gasteiger partial charge in [0.2, 0.25) is 11.8 Å². The molecule has 5 rings (SSSR count). The summed E-state index contributed by atoms with van der Waals surface area (Å²) in [7, 11) is 1.50. The first-order chi connectivity index (χ1) is 21.0. The molecule has 3 aromatic rings. The van der Waals surface area contributed by atoms with E-state index in [0.29, 0.717) is 17.0 Å². The second-order valence-electron chi connectivity index (χ2n) is 13.0. The van der Waals surface area contributed by atoms with Crippen molar-refractivity contribution in [3.05, 3.63) is 83.6 Å². The van der Waals surface area contributed by atoms with E-state index in [1.165, 1.54) is 25.4 Å². The highest BCUT2D eigenvalue weighted by Crippen LogP contribution is 2.49. The Morgan fingerprint density at radius 2 is 1.75 bits per heavy atom. The molecule has 0 spiro atoms. The SMILES string of the molecule is COc1ncc(-c2ccc(F)cc2F)cc1CN[C@H]1[C@H](C(C)(C)C)[C@@H](C(=O)O)N(C(=O)C2CCCCC2)[C@H]1c1ccccc1. The molecular weight excluding hydrogens is 564 g/mol. The lowest BCUT2D eigenvalue weighted by atomic mass is 9.72. The number of pyridine rings is 1. The molecule has 1 amide bonds. The Hall–Kier alpha value is -3.85. The van der Waals surface area contributed by atoms with Crippen LogP contribution in [0.15, 0.2) is 60.8 Å². The highest BCUT2D eigenvalue weighted by Gasteiger charge is 2.58. The lowest BCUT2D eigenvalue weighted by Gasteiger charge is -2.36. The second kappa shape index (κ2) is 13.0. The van der Waals surface area contributed by atoms with E-state index in [4.69, 9.17) is 4.74 Å². The van der Waals surface area contributed by atoms with Gasteiger partial charge in [0, 0.05) is 53.4 Å². The van der Waals surface area contributed by atoms with E-state index in [1.54, 1.807) is 11.0 Å². The fourth-order valence-corrected chi connectivity index (χ4v) is 7.19. The summed E-state index contributed by atoms with van der Waals surface area (Å²) in [5, 5.41) is 14.3. The van der Waals surface area contributed by atoms with E-state index in [9.17, 15) is 23.5 Å². The number of carboxylic acid groups (broad SMARTS) is 1. The highest BCUT2D eigenvalue weighted by molar-refractivity contribution is 5.87. The molecule has 0 unspecified atom stereocenters. The molecule has 7 nitrogen and oxygen atoms in total. The van der Waals surface area contributed by atoms with Gasteiger partial charge in [0.15, 0.2) is 0 Å². The van der Waals surface area contributed by atoms with Crippen molar-refractivity contribution in [3.8, 4) is 17.0 Å². The summed E-state index contributed by atoms with van der Waals surface area (Å²) in [5.41, 5.74) is 1.65. The number of benzene rings is 2. The van der Waals surface area contributed by atoms with E-state index in [-0.39, 0.29) is 23.9 Å². The van der Waals surface area contributed by atoms with Gasteiger partial charge in [0.1, 0.15) is 17.7 Å². The molecule has 1 aromatic heterocycles. The summed E-state index contributed by atoms with van der Waals surface area (Å²) in [4.78, 5) is 33.4. The molecule has 1 aliphatic heterocycles. The third-order valence-corrected chi connectivity index (χ3v) is 9.16. The monoisotopic (exact) mass is 605 g/mol. The molecule has 2 heterocycles. The fraction of sp³-hybridized carbons (Fsp3) is 0.457. The van der Waals surface area contributed by atoms with Crippen molar-refractivity contribution in [2.45, 2.75) is 77.5 Å². The second-order valence-corrected chi connectivity index (χ2v) is 13.0. The first-order valence-electron chi connectivity index (χ1n) is 15.3. The van der Waals surface area contributed by atoms with Crippen molar-refractivity contribution < 1.29 is 28.2 Å². The summed E-state index contributed by atoms with van der Waals surface area (Å²) < 4.78 is 33.8. The van der Waals surface area contributed by atoms with Crippen LogP contribution >= 0.6 is 0 Å². The number of aliphatic carboxylic acids is 1. The largest absolute Gasteiger partial charge is 0.481 e. The van der Waals surface area contributed by atoms with Gasteiger partial charge in [-0.2, -0.15) is 0 Å². The van der Waals surface area contributed by atoms with Gasteiger partial charge in [-0.1, -0.05) is 70.4 Å². The van der Waals surface area contributed by atoms with E-state index in [0.717, 1.165) is 43.7 Å². The zero-order valence-electron chi connectivity index (χ0n) is 25.7. The van der Waals surface area contributed by atoms with Gasteiger partial charge in [0.05, 0.1) is 13.2 Å². The third-order valence-electron chi connectivity index (χ3n) is 9.16. The summed E-state index contributed by atoms with van der Waals surface area (Å²) in [5.74, 6) is -2.82. The zero-order chi connectivity index (χ0) is 31.6. The standard InChI is InChI=1S/C35H41F2N3O4/c1-35(2,3)28-29(38-20-24-17-23(19-39-32(24)44-4)26-16-15-25(36)18-27(26)37)30(21-11-7-5-8-12-21)40(31(28)34(42)43)33(41)22-13-9-6-10-14-22/h5,7-8,11-12,15-19,22,28-31,38H,6,9-10,13-14,20H2,1-4H3,(H,42,43)/t28-,29-,30-,31-/m0/s1. The molecule has 2 fully saturated rings. The van der Waals surface area contributed by atoms with Crippen molar-refractivity contribution in [2.24, 2.45) is 17.3 Å². The first kappa shape index (κ1) is 31.6. The molecule has 0 radical (unpaired) electrons. The van der Waals surface area contributed by atoms with Gasteiger partial charge in [-0.15, -0.1) is 0 Å². The Labute approximate surface area is 257 Å². The van der Waals surface area contributed by atoms with Crippen molar-refractivity contribution in [1.82, 2.24) is 15.2 Å². The van der Waals surface area contributed by atoms with E-state index < -0.39 is 47.1 Å². The maximum absolute atomic E-state index is 14.7. The van der Waals surface area contributed by atoms with Crippen LogP contribution in [-0.2, 0) is 16.1 Å². The van der Waals surface area contributed by atoms with Crippen LogP contribution in [0.5, 0.6) is 5.88 Å². The third kappa shape index (κ3) is 6.34. The number of ether oxygens (including phenoxy) is 1. The molecule has 0 bridgehead atoms. The lowest BCUT2D eigenvalue weighted by Crippen LogP contribution is -2.49. The number of methoxy groups -OCH3 is 1. The van der Waals surface area contributed by atoms with E-state index >= 15 is 0 Å². The van der Waals surface area contributed by atoms with Crippen molar-refractivity contribution >= 4 is 11.9 Å². The van der Waals surface area contributed by atoms with Gasteiger partial charge in [-0.25, -0.2) is 18.6 Å². The Balaban J connectivity index is 1.57. The van der Waals surface area contributed by atoms with Crippen LogP contribution in [0.3, 0.4) is 0 Å². The number of nitrogens with zero attached hydrogens (tertiary/aromatic N) is 2. The summed E-state index contributed by atoms with van der Waals surface area (Å²) in [6.45, 7) is 6.25. The van der Waals surface area contributed by atoms with Gasteiger partial charge in [-0.3, -0.25) is 4.79 Å². The summed E-state index contributed by atoms with van der Waals surface area (Å²) in [6, 6.07) is 12.7. The maximum Gasteiger partial charge on any atom is 0.326 e. The number of amides is 1. The average Bonchev–Trinajstić information content (AvgIpc) is 3.36. The van der Waals surface area contributed by atoms with Crippen molar-refractivity contribution in [1.29, 1.82) is 0 Å². The molecule has 1 saturated heterocycles. The lowest BCUT2D eigenvalue weighted by molar-refractivity contribution is -0.154. The van der Waals surface area contributed by atoms with Gasteiger partial charge in [0.25, 0.3) is 0 Å². The molecule has 234 valence electrons. The van der Waals surface area contributed by atoms with Crippen LogP contribution in [0.2, 0.25) is 0 Å². The normalized spacial score (nSPS) is 22.6. The van der Waals surface area contributed by atoms with Crippen LogP contribution in [0.25, 0.3) is 11.1 Å². The molecule has 2 aromatic carbocycles. The Bertz CT molecular complexity index is 1490. The minimum atomic E-state index is -1.04. The van der Waals surface area contributed by atoms with Crippen LogP contribution < -0.4 is 10.1 Å². The number of hydrogen-bond acceptors (Lipinski definition) is 5. The van der Waals surface area contributed by atoms with Crippen LogP contribution in [0.1, 0.15) is 70.0 Å². The molecule has 4 atom stereocenters. The molecule has 2 aliphatic rings. The van der Waals surface area contributed by atoms with Gasteiger partial charge >= 0.3 is 5.97 Å². The number of nitrogens with one attached hydrogen (secondary N) is 1. The predicted molar refractivity (Wildman–Crippen MR) is 164 cm³/mol. The van der Waals surface area contributed by atoms with E-state index in [2.05, 4.69) is 10.3 Å². The molecule has 1 saturated carbocycles. The Kier molecular flexibility index (Phi) is 9.34. The van der Waals surface area contributed by atoms with Crippen LogP contribution in [0.4, 0.5) is 8.78 Å². The van der Waals surface area contributed by atoms with Gasteiger partial charge < -0.3 is 20.1 Å². The smallest absolute Gasteiger partial charge is 0.326 e. The first-order valence-corrected chi connectivity index (χ1v) is 15.3. The topological polar surface area (TPSA) is 91.8 Å². The minimum absolute atomic E-state index is 0.0995. The number of aromatic nitrogens is 1. The maximum atomic E-state index is 14.7. The van der Waals surface area contributed by atoms with Crippen molar-refractivity contribution in [3.63, 3.8) is 0 Å². The van der Waals surface area contributed by atoms with E-state index in [1.807, 2.05) is 51.1 Å². The molecule has 1 aliphatic carbocycles. The average molecular weight is 606 g/mol. The van der Waals surface area contributed by atoms with Gasteiger partial charge in [-0.05, 0) is 42.0 Å². The fourth-order valence-electron chi connectivity index (χ4n) is 7.19. The molecule has 2 N–H and O–H groups in total. The molecular formula is C35H41F2N3O4. The molecule has 44 heavy (non-hydrogen) atoms. The quantitative estimate of drug-likeness (QED) is 0.294. The number of likely N-dealkylation sites (tertiary alicyclic amines) is 1. The number of carboxylic acids is 1. The number of hydrogen-bond donors (Lipinski definition) is 2. The molecule has 9 heteroatoms. The number of carbonyl (C=O) groups is 2. The summed E-state index contributed by atoms with van der Waals surface area (Å²) in [6.07, 6.45) is 6.00. The Morgan fingerprint density at radius 3 is 2.36 bits per heavy atom. The van der Waals surface area contributed by atoms with Crippen molar-refractivity contribution in [2.75, 3.05) is 7.11 Å². The highest BCUT2D eigenvalue weighted by atomic mass is 19.1. The zero-order valence-corrected chi connectivity index (χ0v) is 25.7. The number of halogens is 2. The predicted octanol–water partition coefficient (Wildman–Crippen LogP) is 6.77. The number of carbonyl (C=O) groups excluding carboxylic acids is 1. The summed E-state index contributed by atoms with van der Waals surface area (Å²) >= 11 is 0. The number of rotatable bonds is 8.